The molecule has 1 aromatic carbocycles. The zero-order valence-corrected chi connectivity index (χ0v) is 13.2. The van der Waals surface area contributed by atoms with Crippen LogP contribution in [-0.4, -0.2) is 18.6 Å². The van der Waals surface area contributed by atoms with Crippen LogP contribution in [-0.2, 0) is 9.59 Å². The first-order chi connectivity index (χ1) is 9.84. The lowest BCUT2D eigenvalue weighted by Gasteiger charge is -2.19. The first-order valence-corrected chi connectivity index (χ1v) is 7.08. The number of allylic oxidation sites excluding steroid dienone is 3. The van der Waals surface area contributed by atoms with E-state index < -0.39 is 0 Å². The Balaban J connectivity index is 2.65. The summed E-state index contributed by atoms with van der Waals surface area (Å²) in [6.07, 6.45) is 1.81. The van der Waals surface area contributed by atoms with Crippen LogP contribution in [0.4, 0.5) is 5.69 Å². The van der Waals surface area contributed by atoms with Gasteiger partial charge in [-0.25, -0.2) is 0 Å². The Morgan fingerprint density at radius 3 is 2.14 bits per heavy atom. The summed E-state index contributed by atoms with van der Waals surface area (Å²) >= 11 is 0. The van der Waals surface area contributed by atoms with Crippen LogP contribution in [0.1, 0.15) is 39.2 Å². The van der Waals surface area contributed by atoms with Crippen molar-refractivity contribution in [2.75, 3.05) is 11.9 Å². The molecular formula is C18H21NO2. The minimum atomic E-state index is -0.178. The van der Waals surface area contributed by atoms with E-state index in [0.29, 0.717) is 0 Å². The van der Waals surface area contributed by atoms with Crippen LogP contribution < -0.4 is 4.90 Å². The molecule has 3 nitrogen and oxygen atoms in total. The van der Waals surface area contributed by atoms with Crippen LogP contribution in [0.25, 0.3) is 0 Å². The van der Waals surface area contributed by atoms with Crippen molar-refractivity contribution in [2.24, 2.45) is 0 Å². The number of carbonyl (C=O) groups is 2. The van der Waals surface area contributed by atoms with E-state index in [0.717, 1.165) is 16.9 Å². The number of benzene rings is 1. The van der Waals surface area contributed by atoms with Crippen LogP contribution in [0.5, 0.6) is 0 Å². The maximum atomic E-state index is 11.7. The smallest absolute Gasteiger partial charge is 0.163 e. The van der Waals surface area contributed by atoms with E-state index in [1.54, 1.807) is 0 Å². The molecule has 0 radical (unpaired) electrons. The second-order valence-corrected chi connectivity index (χ2v) is 5.67. The lowest BCUT2D eigenvalue weighted by Crippen LogP contribution is -2.15. The fourth-order valence-corrected chi connectivity index (χ4v) is 3.01. The highest BCUT2D eigenvalue weighted by Crippen LogP contribution is 2.44. The first-order valence-electron chi connectivity index (χ1n) is 7.08. The van der Waals surface area contributed by atoms with E-state index in [9.17, 15) is 9.59 Å². The monoisotopic (exact) mass is 283 g/mol. The molecule has 21 heavy (non-hydrogen) atoms. The van der Waals surface area contributed by atoms with Gasteiger partial charge in [-0.3, -0.25) is 9.59 Å². The number of hydrogen-bond acceptors (Lipinski definition) is 3. The summed E-state index contributed by atoms with van der Waals surface area (Å²) in [5, 5.41) is 0. The van der Waals surface area contributed by atoms with Crippen molar-refractivity contribution in [3.63, 3.8) is 0 Å². The Labute approximate surface area is 126 Å². The van der Waals surface area contributed by atoms with Gasteiger partial charge in [-0.1, -0.05) is 29.8 Å². The Hall–Kier alpha value is -2.16. The van der Waals surface area contributed by atoms with Gasteiger partial charge in [0.15, 0.2) is 11.6 Å². The molecule has 0 fully saturated rings. The molecule has 0 N–H and O–H groups in total. The van der Waals surface area contributed by atoms with E-state index in [1.807, 2.05) is 25.3 Å². The summed E-state index contributed by atoms with van der Waals surface area (Å²) < 4.78 is 0. The first kappa shape index (κ1) is 15.2. The van der Waals surface area contributed by atoms with Gasteiger partial charge in [0, 0.05) is 24.4 Å². The van der Waals surface area contributed by atoms with Crippen molar-refractivity contribution >= 4 is 17.3 Å². The summed E-state index contributed by atoms with van der Waals surface area (Å²) in [6.45, 7) is 7.00. The normalized spacial score (nSPS) is 16.5. The number of hydrogen-bond donors (Lipinski definition) is 0. The minimum absolute atomic E-state index is 0.0426. The zero-order valence-electron chi connectivity index (χ0n) is 13.2. The maximum absolute atomic E-state index is 11.7. The summed E-state index contributed by atoms with van der Waals surface area (Å²) in [7, 11) is 2.02. The van der Waals surface area contributed by atoms with Gasteiger partial charge in [0.2, 0.25) is 0 Å². The third-order valence-electron chi connectivity index (χ3n) is 3.89. The van der Waals surface area contributed by atoms with Crippen molar-refractivity contribution in [1.82, 2.24) is 0 Å². The molecule has 0 aliphatic carbocycles. The second-order valence-electron chi connectivity index (χ2n) is 5.67. The topological polar surface area (TPSA) is 37.4 Å². The maximum Gasteiger partial charge on any atom is 0.163 e. The number of carbonyl (C=O) groups excluding carboxylic acids is 2. The number of fused-ring (bicyclic) bond motifs is 1. The summed E-state index contributed by atoms with van der Waals surface area (Å²) in [4.78, 5) is 25.6. The van der Waals surface area contributed by atoms with Gasteiger partial charge in [0.1, 0.15) is 0 Å². The van der Waals surface area contributed by atoms with Crippen LogP contribution in [0, 0.1) is 0 Å². The van der Waals surface area contributed by atoms with Crippen LogP contribution in [0.3, 0.4) is 0 Å². The number of Topliss-reactive ketones (excluding diaryl/α,β-unsaturated/α-hetero) is 2. The molecule has 0 saturated heterocycles. The van der Waals surface area contributed by atoms with Crippen molar-refractivity contribution < 1.29 is 9.59 Å². The highest BCUT2D eigenvalue weighted by atomic mass is 16.1. The van der Waals surface area contributed by atoms with Crippen molar-refractivity contribution in [1.29, 1.82) is 0 Å². The zero-order chi connectivity index (χ0) is 15.7. The molecule has 110 valence electrons. The van der Waals surface area contributed by atoms with Crippen LogP contribution >= 0.6 is 0 Å². The molecule has 1 aliphatic heterocycles. The number of nitrogens with zero attached hydrogens (tertiary/aromatic N) is 1. The average molecular weight is 283 g/mol. The number of likely N-dealkylation sites (N-methyl/N-ethyl adjacent to an activating group) is 1. The lowest BCUT2D eigenvalue weighted by atomic mass is 9.92. The van der Waals surface area contributed by atoms with Crippen molar-refractivity contribution in [3.8, 4) is 0 Å². The molecule has 0 bridgehead atoms. The van der Waals surface area contributed by atoms with E-state index in [-0.39, 0.29) is 23.1 Å². The van der Waals surface area contributed by atoms with Crippen LogP contribution in [0.2, 0.25) is 0 Å². The molecule has 0 aromatic heterocycles. The Morgan fingerprint density at radius 2 is 1.62 bits per heavy atom. The SMILES string of the molecule is CC(=O)C(=CC1C(=C(C)C)N(C)c2ccccc21)C(C)=O. The number of ketones is 2. The van der Waals surface area contributed by atoms with Gasteiger partial charge in [0.25, 0.3) is 0 Å². The van der Waals surface area contributed by atoms with E-state index in [2.05, 4.69) is 30.9 Å². The third kappa shape index (κ3) is 2.68. The largest absolute Gasteiger partial charge is 0.347 e. The molecule has 0 spiro atoms. The highest BCUT2D eigenvalue weighted by molar-refractivity contribution is 6.18. The second kappa shape index (κ2) is 5.68. The van der Waals surface area contributed by atoms with E-state index in [4.69, 9.17) is 0 Å². The highest BCUT2D eigenvalue weighted by Gasteiger charge is 2.31. The Morgan fingerprint density at radius 1 is 1.05 bits per heavy atom. The molecule has 1 atom stereocenters. The Bertz CT molecular complexity index is 648. The molecule has 0 saturated carbocycles. The van der Waals surface area contributed by atoms with Gasteiger partial charge in [-0.2, -0.15) is 0 Å². The fraction of sp³-hybridized carbons (Fsp3) is 0.333. The molecule has 1 aliphatic rings. The molecule has 2 rings (SSSR count). The molecule has 1 aromatic rings. The predicted octanol–water partition coefficient (Wildman–Crippen LogP) is 3.62. The lowest BCUT2D eigenvalue weighted by molar-refractivity contribution is -0.119. The van der Waals surface area contributed by atoms with E-state index in [1.165, 1.54) is 19.4 Å². The molecule has 3 heteroatoms. The molecule has 1 heterocycles. The van der Waals surface area contributed by atoms with Crippen LogP contribution in [0.15, 0.2) is 47.2 Å². The number of anilines is 1. The van der Waals surface area contributed by atoms with Gasteiger partial charge in [0.05, 0.1) is 5.57 Å². The minimum Gasteiger partial charge on any atom is -0.347 e. The number of rotatable bonds is 3. The summed E-state index contributed by atoms with van der Waals surface area (Å²) in [5.74, 6) is -0.399. The van der Waals surface area contributed by atoms with Gasteiger partial charge in [-0.05, 0) is 39.3 Å². The van der Waals surface area contributed by atoms with Gasteiger partial charge >= 0.3 is 0 Å². The Kier molecular flexibility index (Phi) is 4.12. The third-order valence-corrected chi connectivity index (χ3v) is 3.89. The molecule has 0 amide bonds. The van der Waals surface area contributed by atoms with Gasteiger partial charge in [-0.15, -0.1) is 0 Å². The van der Waals surface area contributed by atoms with E-state index >= 15 is 0 Å². The predicted molar refractivity (Wildman–Crippen MR) is 85.4 cm³/mol. The average Bonchev–Trinajstić information content (AvgIpc) is 2.68. The summed E-state index contributed by atoms with van der Waals surface area (Å²) in [6, 6.07) is 8.11. The van der Waals surface area contributed by atoms with Crippen molar-refractivity contribution in [3.05, 3.63) is 52.7 Å². The molecule has 1 unspecified atom stereocenters. The standard InChI is InChI=1S/C18H21NO2/c1-11(2)18-16(10-15(12(3)20)13(4)21)14-8-6-7-9-17(14)19(18)5/h6-10,16H,1-5H3. The quantitative estimate of drug-likeness (QED) is 0.483. The molecular weight excluding hydrogens is 262 g/mol. The fourth-order valence-electron chi connectivity index (χ4n) is 3.01. The summed E-state index contributed by atoms with van der Waals surface area (Å²) in [5.41, 5.74) is 4.86. The number of para-hydroxylation sites is 1. The van der Waals surface area contributed by atoms with Crippen molar-refractivity contribution in [2.45, 2.75) is 33.6 Å². The van der Waals surface area contributed by atoms with Gasteiger partial charge < -0.3 is 4.90 Å².